The van der Waals surface area contributed by atoms with Gasteiger partial charge in [0.25, 0.3) is 0 Å². The number of ether oxygens (including phenoxy) is 3. The molecule has 0 aliphatic heterocycles. The Balaban J connectivity index is 2.08. The van der Waals surface area contributed by atoms with Crippen LogP contribution in [-0.4, -0.2) is 30.9 Å². The molecule has 33 heavy (non-hydrogen) atoms. The number of hydrogen-bond acceptors (Lipinski definition) is 5. The molecule has 0 unspecified atom stereocenters. The number of hydrogen-bond donors (Lipinski definition) is 3. The number of nitrogens with two attached hydrogens (primary N) is 1. The van der Waals surface area contributed by atoms with E-state index in [4.69, 9.17) is 19.9 Å². The van der Waals surface area contributed by atoms with Crippen molar-refractivity contribution in [1.29, 1.82) is 0 Å². The van der Waals surface area contributed by atoms with Crippen molar-refractivity contribution in [2.24, 2.45) is 5.73 Å². The minimum absolute atomic E-state index is 0.155. The maximum Gasteiger partial charge on any atom is 0.405 e. The van der Waals surface area contributed by atoms with Gasteiger partial charge >= 0.3 is 12.1 Å². The molecule has 0 saturated heterocycles. The third kappa shape index (κ3) is 8.65. The van der Waals surface area contributed by atoms with E-state index in [2.05, 4.69) is 10.6 Å². The number of amides is 3. The second-order valence-corrected chi connectivity index (χ2v) is 8.47. The predicted molar refractivity (Wildman–Crippen MR) is 129 cm³/mol. The van der Waals surface area contributed by atoms with Crippen LogP contribution in [0.1, 0.15) is 51.7 Å². The van der Waals surface area contributed by atoms with Crippen LogP contribution in [0.4, 0.5) is 15.3 Å². The first-order valence-corrected chi connectivity index (χ1v) is 11.1. The average Bonchev–Trinajstić information content (AvgIpc) is 2.74. The summed E-state index contributed by atoms with van der Waals surface area (Å²) in [6, 6.07) is 12.8. The van der Waals surface area contributed by atoms with Crippen molar-refractivity contribution in [2.45, 2.75) is 65.2 Å². The molecule has 2 aromatic rings. The Kier molecular flexibility index (Phi) is 9.54. The van der Waals surface area contributed by atoms with Gasteiger partial charge in [0.05, 0.1) is 6.61 Å². The second-order valence-electron chi connectivity index (χ2n) is 8.47. The monoisotopic (exact) mass is 457 g/mol. The molecule has 180 valence electrons. The van der Waals surface area contributed by atoms with E-state index >= 15 is 0 Å². The van der Waals surface area contributed by atoms with E-state index in [0.717, 1.165) is 24.0 Å². The number of rotatable bonds is 11. The predicted octanol–water partition coefficient (Wildman–Crippen LogP) is 5.35. The Bertz CT molecular complexity index is 924. The number of primary amides is 1. The Labute approximate surface area is 195 Å². The van der Waals surface area contributed by atoms with E-state index in [1.807, 2.05) is 32.0 Å². The molecule has 0 saturated carbocycles. The maximum atomic E-state index is 12.1. The van der Waals surface area contributed by atoms with Gasteiger partial charge < -0.3 is 30.6 Å². The van der Waals surface area contributed by atoms with Crippen molar-refractivity contribution in [3.8, 4) is 11.5 Å². The SMILES string of the molecule is CCC(CC)NC(=O)Nc1ccc(Oc2ccc(CC(C)(C)OC(N)=O)cc2COC)cc1. The van der Waals surface area contributed by atoms with Crippen LogP contribution in [0, 0.1) is 0 Å². The Morgan fingerprint density at radius 1 is 1.06 bits per heavy atom. The minimum Gasteiger partial charge on any atom is -0.457 e. The molecule has 0 aliphatic rings. The minimum atomic E-state index is -0.803. The average molecular weight is 458 g/mol. The van der Waals surface area contributed by atoms with Gasteiger partial charge in [-0.2, -0.15) is 0 Å². The summed E-state index contributed by atoms with van der Waals surface area (Å²) in [5, 5.41) is 5.78. The fourth-order valence-electron chi connectivity index (χ4n) is 3.49. The van der Waals surface area contributed by atoms with Crippen LogP contribution >= 0.6 is 0 Å². The summed E-state index contributed by atoms with van der Waals surface area (Å²) in [6.07, 6.45) is 1.46. The molecule has 0 radical (unpaired) electrons. The third-order valence-electron chi connectivity index (χ3n) is 5.09. The molecule has 0 spiro atoms. The first-order valence-electron chi connectivity index (χ1n) is 11.1. The highest BCUT2D eigenvalue weighted by Gasteiger charge is 2.23. The number of benzene rings is 2. The first kappa shape index (κ1) is 26.0. The van der Waals surface area contributed by atoms with Crippen molar-refractivity contribution in [2.75, 3.05) is 12.4 Å². The molecule has 8 heteroatoms. The van der Waals surface area contributed by atoms with E-state index in [9.17, 15) is 9.59 Å². The van der Waals surface area contributed by atoms with Gasteiger partial charge in [0.15, 0.2) is 0 Å². The molecule has 2 rings (SSSR count). The van der Waals surface area contributed by atoms with Crippen LogP contribution in [0.3, 0.4) is 0 Å². The summed E-state index contributed by atoms with van der Waals surface area (Å²) in [5.41, 5.74) is 6.92. The highest BCUT2D eigenvalue weighted by atomic mass is 16.6. The summed E-state index contributed by atoms with van der Waals surface area (Å²) < 4.78 is 16.6. The molecule has 0 bridgehead atoms. The van der Waals surface area contributed by atoms with E-state index in [1.165, 1.54) is 0 Å². The van der Waals surface area contributed by atoms with Crippen LogP contribution < -0.4 is 21.1 Å². The number of carbonyl (C=O) groups is 2. The quantitative estimate of drug-likeness (QED) is 0.421. The Hall–Kier alpha value is -3.26. The molecule has 0 heterocycles. The number of nitrogens with one attached hydrogen (secondary N) is 2. The molecule has 0 aromatic heterocycles. The maximum absolute atomic E-state index is 12.1. The van der Waals surface area contributed by atoms with Gasteiger partial charge in [-0.1, -0.05) is 19.9 Å². The first-order chi connectivity index (χ1) is 15.7. The van der Waals surface area contributed by atoms with Gasteiger partial charge in [-0.3, -0.25) is 0 Å². The van der Waals surface area contributed by atoms with Crippen LogP contribution in [0.25, 0.3) is 0 Å². The smallest absolute Gasteiger partial charge is 0.405 e. The standard InChI is InChI=1S/C25H35N3O5/c1-6-19(7-2)27-24(30)28-20-9-11-21(12-10-20)32-22-13-8-17(14-18(22)16-31-5)15-25(3,4)33-23(26)29/h8-14,19H,6-7,15-16H2,1-5H3,(H2,26,29)(H2,27,28,30). The summed E-state index contributed by atoms with van der Waals surface area (Å²) in [6.45, 7) is 8.05. The fraction of sp³-hybridized carbons (Fsp3) is 0.440. The van der Waals surface area contributed by atoms with Gasteiger partial charge in [-0.15, -0.1) is 0 Å². The Morgan fingerprint density at radius 3 is 2.30 bits per heavy atom. The highest BCUT2D eigenvalue weighted by molar-refractivity contribution is 5.89. The number of anilines is 1. The van der Waals surface area contributed by atoms with Gasteiger partial charge in [0.1, 0.15) is 17.1 Å². The summed E-state index contributed by atoms with van der Waals surface area (Å²) in [4.78, 5) is 23.2. The summed E-state index contributed by atoms with van der Waals surface area (Å²) >= 11 is 0. The van der Waals surface area contributed by atoms with Crippen LogP contribution in [0.15, 0.2) is 42.5 Å². The molecule has 4 N–H and O–H groups in total. The number of methoxy groups -OCH3 is 1. The van der Waals surface area contributed by atoms with Gasteiger partial charge in [0, 0.05) is 30.8 Å². The lowest BCUT2D eigenvalue weighted by atomic mass is 9.97. The van der Waals surface area contributed by atoms with Crippen molar-refractivity contribution >= 4 is 17.8 Å². The van der Waals surface area contributed by atoms with E-state index in [-0.39, 0.29) is 12.1 Å². The van der Waals surface area contributed by atoms with Crippen LogP contribution in [0.5, 0.6) is 11.5 Å². The second kappa shape index (κ2) is 12.1. The highest BCUT2D eigenvalue weighted by Crippen LogP contribution is 2.29. The molecule has 0 atom stereocenters. The van der Waals surface area contributed by atoms with Crippen LogP contribution in [0.2, 0.25) is 0 Å². The largest absolute Gasteiger partial charge is 0.457 e. The summed E-state index contributed by atoms with van der Waals surface area (Å²) in [7, 11) is 1.61. The zero-order valence-corrected chi connectivity index (χ0v) is 20.1. The molecular weight excluding hydrogens is 422 g/mol. The molecule has 2 aromatic carbocycles. The molecule has 0 aliphatic carbocycles. The lowest BCUT2D eigenvalue weighted by Gasteiger charge is -2.24. The normalized spacial score (nSPS) is 11.2. The number of carbonyl (C=O) groups excluding carboxylic acids is 2. The zero-order valence-electron chi connectivity index (χ0n) is 20.1. The lowest BCUT2D eigenvalue weighted by molar-refractivity contribution is 0.0460. The van der Waals surface area contributed by atoms with Crippen molar-refractivity contribution < 1.29 is 23.8 Å². The van der Waals surface area contributed by atoms with Crippen molar-refractivity contribution in [3.63, 3.8) is 0 Å². The molecule has 0 fully saturated rings. The van der Waals surface area contributed by atoms with Gasteiger partial charge in [-0.05, 0) is 68.7 Å². The van der Waals surface area contributed by atoms with Gasteiger partial charge in [0.2, 0.25) is 0 Å². The Morgan fingerprint density at radius 2 is 1.73 bits per heavy atom. The molecule has 8 nitrogen and oxygen atoms in total. The summed E-state index contributed by atoms with van der Waals surface area (Å²) in [5.74, 6) is 1.28. The topological polar surface area (TPSA) is 112 Å². The van der Waals surface area contributed by atoms with E-state index < -0.39 is 11.7 Å². The van der Waals surface area contributed by atoms with Crippen LogP contribution in [-0.2, 0) is 22.5 Å². The molecule has 3 amide bonds. The lowest BCUT2D eigenvalue weighted by Crippen LogP contribution is -2.37. The van der Waals surface area contributed by atoms with Crippen molar-refractivity contribution in [1.82, 2.24) is 5.32 Å². The van der Waals surface area contributed by atoms with E-state index in [1.54, 1.807) is 45.2 Å². The third-order valence-corrected chi connectivity index (χ3v) is 5.09. The fourth-order valence-corrected chi connectivity index (χ4v) is 3.49. The molecular formula is C25H35N3O5. The van der Waals surface area contributed by atoms with Gasteiger partial charge in [-0.25, -0.2) is 9.59 Å². The van der Waals surface area contributed by atoms with E-state index in [0.29, 0.717) is 30.2 Å². The van der Waals surface area contributed by atoms with Crippen molar-refractivity contribution in [3.05, 3.63) is 53.6 Å². The number of urea groups is 1. The zero-order chi connectivity index (χ0) is 24.4.